The van der Waals surface area contributed by atoms with Crippen molar-refractivity contribution in [3.63, 3.8) is 0 Å². The number of carbonyl (C=O) groups excluding carboxylic acids is 1. The van der Waals surface area contributed by atoms with Crippen LogP contribution in [-0.4, -0.2) is 22.0 Å². The summed E-state index contributed by atoms with van der Waals surface area (Å²) in [6.45, 7) is 5.85. The molecule has 0 aliphatic heterocycles. The van der Waals surface area contributed by atoms with Crippen LogP contribution < -0.4 is 0 Å². The maximum absolute atomic E-state index is 12.3. The summed E-state index contributed by atoms with van der Waals surface area (Å²) in [6, 6.07) is 7.41. The van der Waals surface area contributed by atoms with E-state index in [9.17, 15) is 9.00 Å². The van der Waals surface area contributed by atoms with Crippen LogP contribution >= 0.6 is 0 Å². The average molecular weight is 254 g/mol. The summed E-state index contributed by atoms with van der Waals surface area (Å²) in [5, 5.41) is -0.572. The number of esters is 1. The summed E-state index contributed by atoms with van der Waals surface area (Å²) in [7, 11) is -1.34. The standard InChI is InChI=1S/C13H18O3S/c1-4-12(13(14)16-5-2)17(15)11-8-6-7-10(3)9-11/h6-9,12H,4-5H2,1-3H3. The molecule has 0 amide bonds. The number of ether oxygens (including phenoxy) is 1. The van der Waals surface area contributed by atoms with Crippen LogP contribution in [0.5, 0.6) is 0 Å². The molecule has 1 aromatic carbocycles. The molecule has 0 aliphatic carbocycles. The molecule has 17 heavy (non-hydrogen) atoms. The summed E-state index contributed by atoms with van der Waals surface area (Å²) in [5.41, 5.74) is 1.04. The largest absolute Gasteiger partial charge is 0.465 e. The minimum Gasteiger partial charge on any atom is -0.465 e. The summed E-state index contributed by atoms with van der Waals surface area (Å²) >= 11 is 0. The van der Waals surface area contributed by atoms with Gasteiger partial charge in [0, 0.05) is 4.90 Å². The Morgan fingerprint density at radius 3 is 2.65 bits per heavy atom. The maximum atomic E-state index is 12.3. The minimum absolute atomic E-state index is 0.320. The van der Waals surface area contributed by atoms with Gasteiger partial charge >= 0.3 is 5.97 Å². The van der Waals surface area contributed by atoms with Crippen molar-refractivity contribution in [2.75, 3.05) is 6.61 Å². The lowest BCUT2D eigenvalue weighted by Crippen LogP contribution is -2.27. The van der Waals surface area contributed by atoms with E-state index in [0.29, 0.717) is 17.9 Å². The van der Waals surface area contributed by atoms with Crippen molar-refractivity contribution in [1.82, 2.24) is 0 Å². The lowest BCUT2D eigenvalue weighted by atomic mass is 10.2. The molecule has 4 heteroatoms. The summed E-state index contributed by atoms with van der Waals surface area (Å²) in [5.74, 6) is -0.380. The second-order valence-corrected chi connectivity index (χ2v) is 5.40. The number of hydrogen-bond acceptors (Lipinski definition) is 3. The molecule has 1 aromatic rings. The molecule has 0 bridgehead atoms. The molecule has 94 valence electrons. The first-order valence-corrected chi connectivity index (χ1v) is 6.95. The first kappa shape index (κ1) is 13.9. The van der Waals surface area contributed by atoms with Crippen LogP contribution in [0, 0.1) is 6.92 Å². The predicted octanol–water partition coefficient (Wildman–Crippen LogP) is 2.44. The zero-order chi connectivity index (χ0) is 12.8. The Bertz CT molecular complexity index is 415. The first-order chi connectivity index (χ1) is 8.10. The molecule has 0 aliphatic rings. The van der Waals surface area contributed by atoms with Crippen molar-refractivity contribution in [2.24, 2.45) is 0 Å². The van der Waals surface area contributed by atoms with Crippen LogP contribution in [0.3, 0.4) is 0 Å². The maximum Gasteiger partial charge on any atom is 0.322 e. The van der Waals surface area contributed by atoms with E-state index >= 15 is 0 Å². The van der Waals surface area contributed by atoms with Crippen LogP contribution in [0.25, 0.3) is 0 Å². The molecule has 2 unspecified atom stereocenters. The van der Waals surface area contributed by atoms with Gasteiger partial charge in [-0.05, 0) is 38.0 Å². The molecule has 0 spiro atoms. The van der Waals surface area contributed by atoms with Gasteiger partial charge in [-0.15, -0.1) is 0 Å². The van der Waals surface area contributed by atoms with Gasteiger partial charge in [-0.3, -0.25) is 9.00 Å². The third-order valence-corrected chi connectivity index (χ3v) is 4.16. The Balaban J connectivity index is 2.90. The monoisotopic (exact) mass is 254 g/mol. The van der Waals surface area contributed by atoms with Crippen LogP contribution in [0.4, 0.5) is 0 Å². The Morgan fingerprint density at radius 2 is 2.12 bits per heavy atom. The van der Waals surface area contributed by atoms with Crippen molar-refractivity contribution >= 4 is 16.8 Å². The van der Waals surface area contributed by atoms with Gasteiger partial charge in [0.2, 0.25) is 0 Å². The van der Waals surface area contributed by atoms with Gasteiger partial charge in [-0.25, -0.2) is 0 Å². The fraction of sp³-hybridized carbons (Fsp3) is 0.462. The van der Waals surface area contributed by atoms with E-state index in [2.05, 4.69) is 0 Å². The van der Waals surface area contributed by atoms with E-state index in [1.165, 1.54) is 0 Å². The molecule has 3 nitrogen and oxygen atoms in total. The molecule has 0 aromatic heterocycles. The second kappa shape index (κ2) is 6.55. The number of aryl methyl sites for hydroxylation is 1. The normalized spacial score (nSPS) is 14.1. The number of rotatable bonds is 5. The minimum atomic E-state index is -1.34. The van der Waals surface area contributed by atoms with E-state index in [0.717, 1.165) is 5.56 Å². The second-order valence-electron chi connectivity index (χ2n) is 3.76. The van der Waals surface area contributed by atoms with Crippen molar-refractivity contribution in [3.8, 4) is 0 Å². The van der Waals surface area contributed by atoms with Crippen LogP contribution in [-0.2, 0) is 20.3 Å². The van der Waals surface area contributed by atoms with E-state index in [-0.39, 0.29) is 5.97 Å². The van der Waals surface area contributed by atoms with Gasteiger partial charge in [0.05, 0.1) is 17.4 Å². The molecule has 1 rings (SSSR count). The van der Waals surface area contributed by atoms with E-state index in [1.807, 2.05) is 32.0 Å². The van der Waals surface area contributed by atoms with Crippen molar-refractivity contribution in [2.45, 2.75) is 37.3 Å². The smallest absolute Gasteiger partial charge is 0.322 e. The summed E-state index contributed by atoms with van der Waals surface area (Å²) < 4.78 is 17.2. The molecule has 0 saturated heterocycles. The fourth-order valence-electron chi connectivity index (χ4n) is 1.55. The molecule has 0 N–H and O–H groups in total. The molecular weight excluding hydrogens is 236 g/mol. The van der Waals surface area contributed by atoms with E-state index in [1.54, 1.807) is 13.0 Å². The quantitative estimate of drug-likeness (QED) is 0.758. The zero-order valence-electron chi connectivity index (χ0n) is 10.4. The molecular formula is C13H18O3S. The third-order valence-electron chi connectivity index (χ3n) is 2.40. The van der Waals surface area contributed by atoms with Gasteiger partial charge in [-0.2, -0.15) is 0 Å². The highest BCUT2D eigenvalue weighted by atomic mass is 32.2. The van der Waals surface area contributed by atoms with Crippen LogP contribution in [0.15, 0.2) is 29.2 Å². The van der Waals surface area contributed by atoms with Gasteiger partial charge in [-0.1, -0.05) is 19.1 Å². The topological polar surface area (TPSA) is 43.4 Å². The van der Waals surface area contributed by atoms with E-state index in [4.69, 9.17) is 4.74 Å². The summed E-state index contributed by atoms with van der Waals surface area (Å²) in [4.78, 5) is 12.3. The zero-order valence-corrected chi connectivity index (χ0v) is 11.3. The van der Waals surface area contributed by atoms with Crippen LogP contribution in [0.2, 0.25) is 0 Å². The molecule has 0 radical (unpaired) electrons. The third kappa shape index (κ3) is 3.66. The molecule has 2 atom stereocenters. The number of hydrogen-bond donors (Lipinski definition) is 0. The first-order valence-electron chi connectivity index (χ1n) is 5.74. The van der Waals surface area contributed by atoms with Gasteiger partial charge in [0.1, 0.15) is 5.25 Å². The van der Waals surface area contributed by atoms with Crippen molar-refractivity contribution < 1.29 is 13.7 Å². The van der Waals surface area contributed by atoms with Gasteiger partial charge < -0.3 is 4.74 Å². The Hall–Kier alpha value is -1.16. The van der Waals surface area contributed by atoms with Gasteiger partial charge in [0.15, 0.2) is 0 Å². The van der Waals surface area contributed by atoms with Crippen molar-refractivity contribution in [1.29, 1.82) is 0 Å². The summed E-state index contributed by atoms with van der Waals surface area (Å²) in [6.07, 6.45) is 0.513. The van der Waals surface area contributed by atoms with E-state index < -0.39 is 16.0 Å². The molecule has 0 heterocycles. The Kier molecular flexibility index (Phi) is 5.35. The number of benzene rings is 1. The molecule has 0 saturated carbocycles. The highest BCUT2D eigenvalue weighted by molar-refractivity contribution is 7.86. The Labute approximate surface area is 105 Å². The molecule has 0 fully saturated rings. The fourth-order valence-corrected chi connectivity index (χ4v) is 2.93. The SMILES string of the molecule is CCOC(=O)C(CC)S(=O)c1cccc(C)c1. The van der Waals surface area contributed by atoms with Gasteiger partial charge in [0.25, 0.3) is 0 Å². The lowest BCUT2D eigenvalue weighted by molar-refractivity contribution is -0.142. The van der Waals surface area contributed by atoms with Crippen LogP contribution in [0.1, 0.15) is 25.8 Å². The highest BCUT2D eigenvalue weighted by Gasteiger charge is 2.25. The average Bonchev–Trinajstić information content (AvgIpc) is 2.30. The number of carbonyl (C=O) groups is 1. The lowest BCUT2D eigenvalue weighted by Gasteiger charge is -2.13. The highest BCUT2D eigenvalue weighted by Crippen LogP contribution is 2.16. The Morgan fingerprint density at radius 1 is 1.41 bits per heavy atom. The predicted molar refractivity (Wildman–Crippen MR) is 68.3 cm³/mol. The van der Waals surface area contributed by atoms with Crippen molar-refractivity contribution in [3.05, 3.63) is 29.8 Å².